The Labute approximate surface area is 170 Å². The van der Waals surface area contributed by atoms with E-state index >= 15 is 0 Å². The molecule has 8 heteroatoms. The molecule has 0 saturated carbocycles. The number of methoxy groups -OCH3 is 1. The van der Waals surface area contributed by atoms with E-state index in [4.69, 9.17) is 4.74 Å². The van der Waals surface area contributed by atoms with E-state index in [1.807, 2.05) is 30.3 Å². The molecular weight excluding hydrogens is 386 g/mol. The van der Waals surface area contributed by atoms with Gasteiger partial charge in [-0.15, -0.1) is 0 Å². The first-order valence-electron chi connectivity index (χ1n) is 9.08. The Hall–Kier alpha value is -4.20. The van der Waals surface area contributed by atoms with Gasteiger partial charge in [-0.3, -0.25) is 9.89 Å². The van der Waals surface area contributed by atoms with Crippen LogP contribution in [0.15, 0.2) is 71.5 Å². The molecule has 2 aromatic carbocycles. The van der Waals surface area contributed by atoms with Crippen LogP contribution in [0, 0.1) is 0 Å². The quantitative estimate of drug-likeness (QED) is 0.514. The van der Waals surface area contributed by atoms with Crippen LogP contribution < -0.4 is 5.56 Å². The largest absolute Gasteiger partial charge is 0.465 e. The summed E-state index contributed by atoms with van der Waals surface area (Å²) in [5.74, 6) is -1.07. The number of carbonyl (C=O) groups excluding carboxylic acids is 2. The van der Waals surface area contributed by atoms with Crippen molar-refractivity contribution in [2.45, 2.75) is 6.61 Å². The molecule has 0 unspecified atom stereocenters. The molecule has 4 rings (SSSR count). The average molecular weight is 403 g/mol. The van der Waals surface area contributed by atoms with E-state index in [9.17, 15) is 14.4 Å². The zero-order valence-electron chi connectivity index (χ0n) is 16.0. The number of nitrogens with one attached hydrogen (secondary N) is 1. The molecule has 2 aromatic heterocycles. The van der Waals surface area contributed by atoms with E-state index in [2.05, 4.69) is 14.8 Å². The lowest BCUT2D eigenvalue weighted by Gasteiger charge is -2.04. The fourth-order valence-electron chi connectivity index (χ4n) is 2.93. The lowest BCUT2D eigenvalue weighted by atomic mass is 10.1. The summed E-state index contributed by atoms with van der Waals surface area (Å²) >= 11 is 0. The van der Waals surface area contributed by atoms with Crippen LogP contribution in [0.3, 0.4) is 0 Å². The van der Waals surface area contributed by atoms with E-state index < -0.39 is 11.9 Å². The number of ether oxygens (including phenoxy) is 2. The number of aromatic amines is 1. The third-order valence-electron chi connectivity index (χ3n) is 4.48. The number of rotatable bonds is 5. The van der Waals surface area contributed by atoms with Crippen LogP contribution in [0.5, 0.6) is 0 Å². The van der Waals surface area contributed by atoms with Crippen LogP contribution in [0.1, 0.15) is 26.4 Å². The molecule has 8 nitrogen and oxygen atoms in total. The van der Waals surface area contributed by atoms with Gasteiger partial charge in [0.15, 0.2) is 5.65 Å². The van der Waals surface area contributed by atoms with Gasteiger partial charge in [-0.25, -0.2) is 19.1 Å². The topological polar surface area (TPSA) is 103 Å². The van der Waals surface area contributed by atoms with Crippen molar-refractivity contribution in [3.63, 3.8) is 0 Å². The summed E-state index contributed by atoms with van der Waals surface area (Å²) in [4.78, 5) is 40.7. The van der Waals surface area contributed by atoms with Crippen LogP contribution in [0.2, 0.25) is 0 Å². The molecule has 0 bridgehead atoms. The van der Waals surface area contributed by atoms with Crippen molar-refractivity contribution in [3.05, 3.63) is 93.9 Å². The van der Waals surface area contributed by atoms with Gasteiger partial charge in [0, 0.05) is 17.7 Å². The summed E-state index contributed by atoms with van der Waals surface area (Å²) in [6.07, 6.45) is 0. The fraction of sp³-hybridized carbons (Fsp3) is 0.0909. The van der Waals surface area contributed by atoms with E-state index in [1.165, 1.54) is 23.8 Å². The smallest absolute Gasteiger partial charge is 0.356 e. The second-order valence-electron chi connectivity index (χ2n) is 6.47. The minimum atomic E-state index is -0.627. The first-order chi connectivity index (χ1) is 14.5. The third kappa shape index (κ3) is 3.83. The first-order valence-corrected chi connectivity index (χ1v) is 9.08. The molecule has 0 aliphatic heterocycles. The molecule has 1 N–H and O–H groups in total. The summed E-state index contributed by atoms with van der Waals surface area (Å²) in [5, 5.41) is 2.72. The summed E-state index contributed by atoms with van der Waals surface area (Å²) in [5.41, 5.74) is 2.52. The third-order valence-corrected chi connectivity index (χ3v) is 4.48. The van der Waals surface area contributed by atoms with Crippen LogP contribution in [0.4, 0.5) is 0 Å². The SMILES string of the molecule is COC(=O)c1ccc(COC(=O)c2cc3nc(-c4ccccc4)cc(=O)n3[nH]2)cc1. The monoisotopic (exact) mass is 403 g/mol. The van der Waals surface area contributed by atoms with Crippen molar-refractivity contribution in [1.82, 2.24) is 14.6 Å². The molecule has 30 heavy (non-hydrogen) atoms. The maximum atomic E-state index is 12.4. The Morgan fingerprint density at radius 1 is 1.00 bits per heavy atom. The summed E-state index contributed by atoms with van der Waals surface area (Å²) in [7, 11) is 1.31. The van der Waals surface area contributed by atoms with Crippen molar-refractivity contribution in [2.75, 3.05) is 7.11 Å². The number of hydrogen-bond donors (Lipinski definition) is 1. The Bertz CT molecular complexity index is 1270. The molecule has 0 radical (unpaired) electrons. The molecule has 0 spiro atoms. The Morgan fingerprint density at radius 3 is 2.43 bits per heavy atom. The van der Waals surface area contributed by atoms with Gasteiger partial charge in [0.1, 0.15) is 12.3 Å². The second-order valence-corrected chi connectivity index (χ2v) is 6.47. The molecule has 150 valence electrons. The summed E-state index contributed by atoms with van der Waals surface area (Å²) in [6, 6.07) is 18.7. The van der Waals surface area contributed by atoms with Crippen LogP contribution in [0.25, 0.3) is 16.9 Å². The van der Waals surface area contributed by atoms with Gasteiger partial charge >= 0.3 is 11.9 Å². The molecule has 0 aliphatic carbocycles. The zero-order chi connectivity index (χ0) is 21.1. The van der Waals surface area contributed by atoms with E-state index in [0.29, 0.717) is 22.5 Å². The molecule has 0 saturated heterocycles. The zero-order valence-corrected chi connectivity index (χ0v) is 16.0. The van der Waals surface area contributed by atoms with Gasteiger partial charge in [0.25, 0.3) is 5.56 Å². The summed E-state index contributed by atoms with van der Waals surface area (Å²) in [6.45, 7) is 0.00719. The van der Waals surface area contributed by atoms with Crippen LogP contribution in [-0.4, -0.2) is 33.6 Å². The van der Waals surface area contributed by atoms with E-state index in [-0.39, 0.29) is 17.9 Å². The number of fused-ring (bicyclic) bond motifs is 1. The van der Waals surface area contributed by atoms with Crippen molar-refractivity contribution >= 4 is 17.6 Å². The van der Waals surface area contributed by atoms with Gasteiger partial charge < -0.3 is 9.47 Å². The standard InChI is InChI=1S/C22H17N3O5/c1-29-21(27)16-9-7-14(8-10-16)13-30-22(28)18-11-19-23-17(12-20(26)25(19)24-18)15-5-3-2-4-6-15/h2-12,24H,13H2,1H3. The number of carbonyl (C=O) groups is 2. The number of benzene rings is 2. The van der Waals surface area contributed by atoms with Gasteiger partial charge in [-0.1, -0.05) is 42.5 Å². The molecule has 0 aliphatic rings. The van der Waals surface area contributed by atoms with E-state index in [1.54, 1.807) is 24.3 Å². The number of aromatic nitrogens is 3. The number of esters is 2. The lowest BCUT2D eigenvalue weighted by molar-refractivity contribution is 0.0464. The van der Waals surface area contributed by atoms with Crippen molar-refractivity contribution in [1.29, 1.82) is 0 Å². The Morgan fingerprint density at radius 2 is 1.73 bits per heavy atom. The predicted molar refractivity (Wildman–Crippen MR) is 108 cm³/mol. The van der Waals surface area contributed by atoms with Crippen molar-refractivity contribution in [3.8, 4) is 11.3 Å². The predicted octanol–water partition coefficient (Wildman–Crippen LogP) is 2.83. The van der Waals surface area contributed by atoms with Gasteiger partial charge in [0.05, 0.1) is 18.4 Å². The molecule has 2 heterocycles. The first kappa shape index (κ1) is 19.1. The highest BCUT2D eigenvalue weighted by Crippen LogP contribution is 2.16. The average Bonchev–Trinajstić information content (AvgIpc) is 3.23. The van der Waals surface area contributed by atoms with Crippen molar-refractivity contribution < 1.29 is 19.1 Å². The van der Waals surface area contributed by atoms with Gasteiger partial charge in [0.2, 0.25) is 0 Å². The maximum Gasteiger partial charge on any atom is 0.356 e. The second kappa shape index (κ2) is 8.04. The molecule has 0 amide bonds. The highest BCUT2D eigenvalue weighted by atomic mass is 16.5. The molecule has 4 aromatic rings. The number of hydrogen-bond acceptors (Lipinski definition) is 6. The van der Waals surface area contributed by atoms with Crippen LogP contribution >= 0.6 is 0 Å². The Balaban J connectivity index is 1.51. The Kier molecular flexibility index (Phi) is 5.13. The molecule has 0 fully saturated rings. The number of nitrogens with zero attached hydrogens (tertiary/aromatic N) is 2. The van der Waals surface area contributed by atoms with Gasteiger partial charge in [-0.05, 0) is 17.7 Å². The maximum absolute atomic E-state index is 12.4. The molecular formula is C22H17N3O5. The molecule has 0 atom stereocenters. The highest BCUT2D eigenvalue weighted by Gasteiger charge is 2.14. The number of H-pyrrole nitrogens is 1. The van der Waals surface area contributed by atoms with E-state index in [0.717, 1.165) is 5.56 Å². The van der Waals surface area contributed by atoms with Crippen molar-refractivity contribution in [2.24, 2.45) is 0 Å². The van der Waals surface area contributed by atoms with Crippen LogP contribution in [-0.2, 0) is 16.1 Å². The van der Waals surface area contributed by atoms with Gasteiger partial charge in [-0.2, -0.15) is 0 Å². The fourth-order valence-corrected chi connectivity index (χ4v) is 2.93. The minimum Gasteiger partial charge on any atom is -0.465 e. The minimum absolute atomic E-state index is 0.00719. The summed E-state index contributed by atoms with van der Waals surface area (Å²) < 4.78 is 11.1. The normalized spacial score (nSPS) is 10.7. The lowest BCUT2D eigenvalue weighted by Crippen LogP contribution is -2.15. The highest BCUT2D eigenvalue weighted by molar-refractivity contribution is 5.89.